The van der Waals surface area contributed by atoms with Gasteiger partial charge in [-0.1, -0.05) is 60.7 Å². The van der Waals surface area contributed by atoms with E-state index in [1.807, 2.05) is 30.3 Å². The molecular formula is C38H30FN3O4S. The highest BCUT2D eigenvalue weighted by Crippen LogP contribution is 2.37. The van der Waals surface area contributed by atoms with Crippen molar-refractivity contribution in [2.24, 2.45) is 0 Å². The number of carbonyl (C=O) groups is 4. The highest BCUT2D eigenvalue weighted by Gasteiger charge is 2.23. The van der Waals surface area contributed by atoms with Gasteiger partial charge in [-0.2, -0.15) is 0 Å². The monoisotopic (exact) mass is 643 g/mol. The molecule has 0 heterocycles. The SMILES string of the molecule is CC(=O)c1ccc(NC(=O)C(Sc2ccc(NC(=O)/C(=C/c3ccc(F)cc3)NC(=O)c3ccccc3)cc2)c2ccccc2)cc1. The van der Waals surface area contributed by atoms with E-state index < -0.39 is 22.9 Å². The molecule has 1 atom stereocenters. The van der Waals surface area contributed by atoms with Crippen LogP contribution in [-0.2, 0) is 9.59 Å². The first-order chi connectivity index (χ1) is 22.7. The molecule has 7 nitrogen and oxygen atoms in total. The molecule has 47 heavy (non-hydrogen) atoms. The second-order valence-corrected chi connectivity index (χ2v) is 11.6. The lowest BCUT2D eigenvalue weighted by atomic mass is 10.1. The number of thioether (sulfide) groups is 1. The molecule has 0 aromatic heterocycles. The minimum absolute atomic E-state index is 0.0268. The maximum atomic E-state index is 13.5. The van der Waals surface area contributed by atoms with Gasteiger partial charge in [0.25, 0.3) is 11.8 Å². The average Bonchev–Trinajstić information content (AvgIpc) is 3.09. The predicted molar refractivity (Wildman–Crippen MR) is 183 cm³/mol. The van der Waals surface area contributed by atoms with Crippen molar-refractivity contribution in [3.05, 3.63) is 167 Å². The average molecular weight is 644 g/mol. The minimum atomic E-state index is -0.595. The molecule has 3 amide bonds. The van der Waals surface area contributed by atoms with E-state index in [0.717, 1.165) is 10.5 Å². The van der Waals surface area contributed by atoms with Crippen LogP contribution in [0.25, 0.3) is 6.08 Å². The van der Waals surface area contributed by atoms with Gasteiger partial charge in [0, 0.05) is 27.4 Å². The summed E-state index contributed by atoms with van der Waals surface area (Å²) in [6.45, 7) is 1.49. The van der Waals surface area contributed by atoms with E-state index in [2.05, 4.69) is 16.0 Å². The van der Waals surface area contributed by atoms with Crippen molar-refractivity contribution in [2.45, 2.75) is 17.1 Å². The van der Waals surface area contributed by atoms with Gasteiger partial charge in [-0.3, -0.25) is 19.2 Å². The maximum Gasteiger partial charge on any atom is 0.272 e. The lowest BCUT2D eigenvalue weighted by molar-refractivity contribution is -0.116. The molecule has 0 spiro atoms. The number of halogens is 1. The Morgan fingerprint density at radius 1 is 0.660 bits per heavy atom. The van der Waals surface area contributed by atoms with Gasteiger partial charge in [0.15, 0.2) is 5.78 Å². The quantitative estimate of drug-likeness (QED) is 0.0771. The molecule has 5 rings (SSSR count). The largest absolute Gasteiger partial charge is 0.325 e. The standard InChI is InChI=1S/C38H30FN3O4S/c1-25(43)27-14-18-31(19-15-27)41-38(46)35(28-8-4-2-5-9-28)47-33-22-20-32(21-23-33)40-37(45)34(24-26-12-16-30(39)17-13-26)42-36(44)29-10-6-3-7-11-29/h2-24,35H,1H3,(H,40,45)(H,41,46)(H,42,44)/b34-24-. The van der Waals surface area contributed by atoms with E-state index in [0.29, 0.717) is 28.1 Å². The molecule has 5 aromatic rings. The van der Waals surface area contributed by atoms with Crippen LogP contribution in [0.15, 0.2) is 144 Å². The van der Waals surface area contributed by atoms with Crippen molar-refractivity contribution < 1.29 is 23.6 Å². The van der Waals surface area contributed by atoms with Gasteiger partial charge >= 0.3 is 0 Å². The van der Waals surface area contributed by atoms with Gasteiger partial charge < -0.3 is 16.0 Å². The zero-order valence-corrected chi connectivity index (χ0v) is 26.1. The number of Topliss-reactive ketones (excluding diaryl/α,β-unsaturated/α-hetero) is 1. The molecule has 0 radical (unpaired) electrons. The molecule has 0 saturated carbocycles. The lowest BCUT2D eigenvalue weighted by Gasteiger charge is -2.18. The fourth-order valence-corrected chi connectivity index (χ4v) is 5.54. The molecule has 0 saturated heterocycles. The Morgan fingerprint density at radius 3 is 1.85 bits per heavy atom. The number of rotatable bonds is 11. The Labute approximate surface area is 275 Å². The number of hydrogen-bond donors (Lipinski definition) is 3. The van der Waals surface area contributed by atoms with E-state index >= 15 is 0 Å². The first kappa shape index (κ1) is 32.6. The van der Waals surface area contributed by atoms with Crippen LogP contribution < -0.4 is 16.0 Å². The van der Waals surface area contributed by atoms with Crippen molar-refractivity contribution in [1.29, 1.82) is 0 Å². The Balaban J connectivity index is 1.31. The highest BCUT2D eigenvalue weighted by atomic mass is 32.2. The molecule has 0 fully saturated rings. The summed E-state index contributed by atoms with van der Waals surface area (Å²) in [6.07, 6.45) is 1.47. The summed E-state index contributed by atoms with van der Waals surface area (Å²) in [4.78, 5) is 52.1. The molecule has 0 aliphatic carbocycles. The van der Waals surface area contributed by atoms with Crippen molar-refractivity contribution in [3.63, 3.8) is 0 Å². The van der Waals surface area contributed by atoms with Gasteiger partial charge in [-0.15, -0.1) is 11.8 Å². The third kappa shape index (κ3) is 9.12. The van der Waals surface area contributed by atoms with Gasteiger partial charge in [0.05, 0.1) is 0 Å². The van der Waals surface area contributed by atoms with E-state index in [1.165, 1.54) is 49.0 Å². The summed E-state index contributed by atoms with van der Waals surface area (Å²) < 4.78 is 13.5. The van der Waals surface area contributed by atoms with Crippen molar-refractivity contribution in [2.75, 3.05) is 10.6 Å². The van der Waals surface area contributed by atoms with Crippen molar-refractivity contribution in [1.82, 2.24) is 5.32 Å². The normalized spacial score (nSPS) is 11.7. The molecule has 9 heteroatoms. The number of anilines is 2. The molecule has 3 N–H and O–H groups in total. The topological polar surface area (TPSA) is 104 Å². The second-order valence-electron chi connectivity index (χ2n) is 10.4. The van der Waals surface area contributed by atoms with Crippen LogP contribution in [0.2, 0.25) is 0 Å². The van der Waals surface area contributed by atoms with Gasteiger partial charge in [-0.25, -0.2) is 4.39 Å². The summed E-state index contributed by atoms with van der Waals surface area (Å²) in [5.74, 6) is -1.76. The molecule has 1 unspecified atom stereocenters. The Kier molecular flexibility index (Phi) is 10.7. The number of hydrogen-bond acceptors (Lipinski definition) is 5. The predicted octanol–water partition coefficient (Wildman–Crippen LogP) is 7.91. The van der Waals surface area contributed by atoms with Gasteiger partial charge in [-0.05, 0) is 96.9 Å². The van der Waals surface area contributed by atoms with Crippen molar-refractivity contribution in [3.8, 4) is 0 Å². The third-order valence-electron chi connectivity index (χ3n) is 6.98. The molecule has 0 aliphatic rings. The first-order valence-corrected chi connectivity index (χ1v) is 15.5. The summed E-state index contributed by atoms with van der Waals surface area (Å²) >= 11 is 1.34. The number of amides is 3. The third-order valence-corrected chi connectivity index (χ3v) is 8.24. The van der Waals surface area contributed by atoms with E-state index in [-0.39, 0.29) is 17.4 Å². The molecule has 234 valence electrons. The Hall–Kier alpha value is -5.80. The van der Waals surface area contributed by atoms with Crippen molar-refractivity contribution >= 4 is 52.7 Å². The number of benzene rings is 5. The number of nitrogens with one attached hydrogen (secondary N) is 3. The first-order valence-electron chi connectivity index (χ1n) is 14.6. The summed E-state index contributed by atoms with van der Waals surface area (Å²) in [5.41, 5.74) is 3.26. The number of carbonyl (C=O) groups excluding carboxylic acids is 4. The lowest BCUT2D eigenvalue weighted by Crippen LogP contribution is -2.30. The second kappa shape index (κ2) is 15.5. The summed E-state index contributed by atoms with van der Waals surface area (Å²) in [7, 11) is 0. The van der Waals surface area contributed by atoms with Gasteiger partial charge in [0.2, 0.25) is 5.91 Å². The smallest absolute Gasteiger partial charge is 0.272 e. The highest BCUT2D eigenvalue weighted by molar-refractivity contribution is 8.00. The minimum Gasteiger partial charge on any atom is -0.325 e. The molecular weight excluding hydrogens is 614 g/mol. The molecule has 5 aromatic carbocycles. The van der Waals surface area contributed by atoms with E-state index in [9.17, 15) is 23.6 Å². The number of ketones is 1. The molecule has 0 aliphatic heterocycles. The summed E-state index contributed by atoms with van der Waals surface area (Å²) in [6, 6.07) is 37.1. The van der Waals surface area contributed by atoms with E-state index in [4.69, 9.17) is 0 Å². The van der Waals surface area contributed by atoms with Crippen LogP contribution in [0.4, 0.5) is 15.8 Å². The molecule has 0 bridgehead atoms. The van der Waals surface area contributed by atoms with Crippen LogP contribution in [0.1, 0.15) is 44.0 Å². The fourth-order valence-electron chi connectivity index (χ4n) is 4.52. The van der Waals surface area contributed by atoms with Gasteiger partial charge in [0.1, 0.15) is 16.8 Å². The van der Waals surface area contributed by atoms with Crippen LogP contribution in [-0.4, -0.2) is 23.5 Å². The zero-order chi connectivity index (χ0) is 33.2. The fraction of sp³-hybridized carbons (Fsp3) is 0.0526. The summed E-state index contributed by atoms with van der Waals surface area (Å²) in [5, 5.41) is 7.81. The van der Waals surface area contributed by atoms with Crippen LogP contribution in [0, 0.1) is 5.82 Å². The zero-order valence-electron chi connectivity index (χ0n) is 25.3. The van der Waals surface area contributed by atoms with Crippen LogP contribution in [0.5, 0.6) is 0 Å². The van der Waals surface area contributed by atoms with Crippen LogP contribution in [0.3, 0.4) is 0 Å². The van der Waals surface area contributed by atoms with Crippen LogP contribution >= 0.6 is 11.8 Å². The maximum absolute atomic E-state index is 13.5. The Bertz CT molecular complexity index is 1900. The Morgan fingerprint density at radius 2 is 1.23 bits per heavy atom. The van der Waals surface area contributed by atoms with E-state index in [1.54, 1.807) is 78.9 Å².